The van der Waals surface area contributed by atoms with Crippen molar-refractivity contribution in [3.63, 3.8) is 0 Å². The van der Waals surface area contributed by atoms with Crippen molar-refractivity contribution in [2.45, 2.75) is 281 Å². The van der Waals surface area contributed by atoms with Crippen molar-refractivity contribution in [3.8, 4) is 11.5 Å². The molecule has 2 aromatic carbocycles. The summed E-state index contributed by atoms with van der Waals surface area (Å²) < 4.78 is 5.84. The number of carbonyl (C=O) groups is 14. The molecule has 17 N–H and O–H groups in total. The van der Waals surface area contributed by atoms with E-state index in [2.05, 4.69) is 61.7 Å². The number of aliphatic hydroxyl groups is 1. The van der Waals surface area contributed by atoms with E-state index in [0.717, 1.165) is 49.8 Å². The van der Waals surface area contributed by atoms with Crippen LogP contribution < -0.4 is 64.1 Å². The molecule has 11 amide bonds. The van der Waals surface area contributed by atoms with Gasteiger partial charge in [-0.2, -0.15) is 0 Å². The first-order chi connectivity index (χ1) is 50.0. The van der Waals surface area contributed by atoms with E-state index in [1.54, 1.807) is 13.8 Å². The third-order valence-corrected chi connectivity index (χ3v) is 19.2. The van der Waals surface area contributed by atoms with Crippen molar-refractivity contribution in [1.82, 2.24) is 52.8 Å². The summed E-state index contributed by atoms with van der Waals surface area (Å²) in [5.41, 5.74) is 12.1. The second-order valence-electron chi connectivity index (χ2n) is 27.7. The zero-order valence-electron chi connectivity index (χ0n) is 61.6. The lowest BCUT2D eigenvalue weighted by Crippen LogP contribution is -2.62. The number of ether oxygens (including phenoxy) is 1. The summed E-state index contributed by atoms with van der Waals surface area (Å²) in [7, 11) is 0. The van der Waals surface area contributed by atoms with Gasteiger partial charge in [0.15, 0.2) is 0 Å². The number of nitrogens with zero attached hydrogens (tertiary/aromatic N) is 1. The van der Waals surface area contributed by atoms with E-state index in [1.807, 2.05) is 0 Å². The highest BCUT2D eigenvalue weighted by molar-refractivity contribution is 5.99. The Balaban J connectivity index is 1.75. The van der Waals surface area contributed by atoms with Gasteiger partial charge in [-0.3, -0.25) is 62.3 Å². The molecule has 31 heteroatoms. The van der Waals surface area contributed by atoms with Crippen LogP contribution in [-0.4, -0.2) is 188 Å². The number of nitrogens with one attached hydrogen (secondary N) is 9. The minimum atomic E-state index is -1.96. The first kappa shape index (κ1) is 88.1. The quantitative estimate of drug-likeness (QED) is 0.0200. The second kappa shape index (κ2) is 46.5. The number of phenolic OH excluding ortho intramolecular Hbond substituents is 1. The minimum absolute atomic E-state index is 0.00724. The SMILES string of the molecule is CCC(C)CCCCCCCCCCCCC(=O)N[C@@H](CCC(=O)O)C(=O)N[C@H](CCCN)C(=O)N[C@H]1Cc2ccc(cc2)OC(=O)[C@H]([C@@H](C)CC)NC(=O)[C@@H](Cc2ccc(O)cc2)NC(=O)[C@H](CCC(N)=O)NC(=O)[C@@H]2CCCN2C(=O)[C@@H](CC)NC(=O)[C@H](CCC(=O)O)NC(=O)[C@@H]([C@@H](C)O)NC1=O. The molecule has 0 saturated carbocycles. The van der Waals surface area contributed by atoms with Crippen LogP contribution in [0.4, 0.5) is 0 Å². The Morgan fingerprint density at radius 2 is 1.13 bits per heavy atom. The molecule has 584 valence electrons. The molecule has 13 atom stereocenters. The Labute approximate surface area is 614 Å². The molecule has 105 heavy (non-hydrogen) atoms. The van der Waals surface area contributed by atoms with Crippen LogP contribution in [0.25, 0.3) is 0 Å². The van der Waals surface area contributed by atoms with E-state index in [9.17, 15) is 87.5 Å². The molecule has 0 spiro atoms. The Hall–Kier alpha value is -9.26. The van der Waals surface area contributed by atoms with Gasteiger partial charge in [0.2, 0.25) is 65.0 Å². The van der Waals surface area contributed by atoms with Gasteiger partial charge >= 0.3 is 17.9 Å². The summed E-state index contributed by atoms with van der Waals surface area (Å²) in [6.07, 6.45) is 7.64. The van der Waals surface area contributed by atoms with E-state index in [1.165, 1.54) is 94.0 Å². The number of rotatable bonds is 37. The fourth-order valence-electron chi connectivity index (χ4n) is 12.3. The van der Waals surface area contributed by atoms with Crippen molar-refractivity contribution in [2.75, 3.05) is 13.1 Å². The lowest BCUT2D eigenvalue weighted by Gasteiger charge is -2.31. The van der Waals surface area contributed by atoms with E-state index in [-0.39, 0.29) is 87.9 Å². The third-order valence-electron chi connectivity index (χ3n) is 19.2. The molecule has 3 heterocycles. The number of primary amides is 1. The molecule has 2 aromatic rings. The first-order valence-electron chi connectivity index (χ1n) is 37.2. The van der Waals surface area contributed by atoms with E-state index in [0.29, 0.717) is 18.4 Å². The number of aliphatic hydroxyl groups excluding tert-OH is 1. The number of fused-ring (bicyclic) bond motifs is 23. The van der Waals surface area contributed by atoms with Gasteiger partial charge in [0.05, 0.1) is 6.10 Å². The molecule has 5 rings (SSSR count). The van der Waals surface area contributed by atoms with Crippen LogP contribution in [-0.2, 0) is 80.0 Å². The van der Waals surface area contributed by atoms with Gasteiger partial charge in [0, 0.05) is 45.1 Å². The molecule has 31 nitrogen and oxygen atoms in total. The molecule has 1 fully saturated rings. The predicted octanol–water partition coefficient (Wildman–Crippen LogP) is 2.75. The molecular formula is C74H114N12O19. The molecule has 1 saturated heterocycles. The molecule has 0 aliphatic carbocycles. The highest BCUT2D eigenvalue weighted by Crippen LogP contribution is 2.23. The number of aromatic hydroxyl groups is 1. The van der Waals surface area contributed by atoms with Crippen LogP contribution in [0.15, 0.2) is 48.5 Å². The smallest absolute Gasteiger partial charge is 0.334 e. The third kappa shape index (κ3) is 31.5. The van der Waals surface area contributed by atoms with Crippen LogP contribution in [0.2, 0.25) is 0 Å². The number of carboxylic acid groups (broad SMARTS) is 2. The first-order valence-corrected chi connectivity index (χ1v) is 37.2. The normalized spacial score (nSPS) is 21.8. The Morgan fingerprint density at radius 3 is 1.70 bits per heavy atom. The number of hydrogen-bond acceptors (Lipinski definition) is 18. The number of unbranched alkanes of at least 4 members (excludes halogenated alkanes) is 9. The molecule has 3 aliphatic heterocycles. The number of carboxylic acids is 2. The van der Waals surface area contributed by atoms with Gasteiger partial charge in [-0.25, -0.2) is 4.79 Å². The standard InChI is InChI=1S/C74H114N12O19/c1-7-44(4)22-18-16-14-12-10-11-13-15-17-19-25-60(90)77-53(35-38-61(91)92)66(96)79-52(23-20-40-75)65(95)82-57-43-48-28-32-50(33-29-48)105-74(104)63(45(5)8-2)84-69(99)56(42-47-26-30-49(88)31-27-47)83-68(98)54(34-37-59(76)89)80-71(101)58-24-21-41-86(58)73(103)51(9-3)78-67(97)55(36-39-62(93)94)81-72(102)64(46(6)87)85-70(57)100/h26-33,44-46,51-58,63-64,87-88H,7-25,34-43,75H2,1-6H3,(H2,76,89)(H,77,90)(H,78,97)(H,79,96)(H,80,101)(H,81,102)(H,82,95)(H,83,98)(H,84,99)(H,85,100)(H,91,92)(H,93,94)/t44?,45-,46+,51+,52+,53-,54-,55-,56+,57-,58-,63-,64+/m0/s1. The maximum Gasteiger partial charge on any atom is 0.334 e. The van der Waals surface area contributed by atoms with Crippen LogP contribution in [0, 0.1) is 11.8 Å². The van der Waals surface area contributed by atoms with Gasteiger partial charge in [-0.15, -0.1) is 0 Å². The lowest BCUT2D eigenvalue weighted by atomic mass is 9.97. The maximum absolute atomic E-state index is 14.8. The van der Waals surface area contributed by atoms with Crippen molar-refractivity contribution in [1.29, 1.82) is 0 Å². The fraction of sp³-hybridized carbons (Fsp3) is 0.649. The molecular weight excluding hydrogens is 1360 g/mol. The number of phenols is 1. The number of aliphatic carboxylic acids is 2. The molecule has 2 bridgehead atoms. The highest BCUT2D eigenvalue weighted by atomic mass is 16.5. The number of nitrogens with two attached hydrogens (primary N) is 2. The second-order valence-corrected chi connectivity index (χ2v) is 27.7. The van der Waals surface area contributed by atoms with Crippen molar-refractivity contribution < 1.29 is 92.3 Å². The predicted molar refractivity (Wildman–Crippen MR) is 386 cm³/mol. The Bertz CT molecular complexity index is 3210. The summed E-state index contributed by atoms with van der Waals surface area (Å²) in [5.74, 6) is -14.0. The van der Waals surface area contributed by atoms with Crippen molar-refractivity contribution >= 4 is 82.9 Å². The summed E-state index contributed by atoms with van der Waals surface area (Å²) in [6, 6.07) is -4.43. The van der Waals surface area contributed by atoms with Gasteiger partial charge in [0.1, 0.15) is 71.9 Å². The summed E-state index contributed by atoms with van der Waals surface area (Å²) in [4.78, 5) is 195. The molecule has 0 aromatic heterocycles. The van der Waals surface area contributed by atoms with Gasteiger partial charge < -0.3 is 89.4 Å². The average Bonchev–Trinajstić information content (AvgIpc) is 1.81. The van der Waals surface area contributed by atoms with Crippen LogP contribution in [0.1, 0.15) is 213 Å². The van der Waals surface area contributed by atoms with Gasteiger partial charge in [-0.1, -0.05) is 136 Å². The average molecular weight is 1480 g/mol. The maximum atomic E-state index is 14.8. The highest BCUT2D eigenvalue weighted by Gasteiger charge is 2.42. The fourth-order valence-corrected chi connectivity index (χ4v) is 12.3. The minimum Gasteiger partial charge on any atom is -0.508 e. The number of hydrogen-bond donors (Lipinski definition) is 15. The Kier molecular flexibility index (Phi) is 39.1. The topological polar surface area (TPSA) is 493 Å². The van der Waals surface area contributed by atoms with Gasteiger partial charge in [-0.05, 0) is 118 Å². The van der Waals surface area contributed by atoms with E-state index in [4.69, 9.17) is 16.2 Å². The largest absolute Gasteiger partial charge is 0.508 e. The van der Waals surface area contributed by atoms with Crippen LogP contribution in [0.3, 0.4) is 0 Å². The number of esters is 1. The van der Waals surface area contributed by atoms with Crippen LogP contribution >= 0.6 is 0 Å². The van der Waals surface area contributed by atoms with Gasteiger partial charge in [0.25, 0.3) is 0 Å². The lowest BCUT2D eigenvalue weighted by molar-refractivity contribution is -0.143. The van der Waals surface area contributed by atoms with Crippen molar-refractivity contribution in [2.24, 2.45) is 23.3 Å². The van der Waals surface area contributed by atoms with E-state index < -0.39 is 187 Å². The van der Waals surface area contributed by atoms with Crippen LogP contribution in [0.5, 0.6) is 11.5 Å². The Morgan fingerprint density at radius 1 is 0.581 bits per heavy atom. The summed E-state index contributed by atoms with van der Waals surface area (Å²) >= 11 is 0. The summed E-state index contributed by atoms with van der Waals surface area (Å²) in [6.45, 7) is 10.5. The number of benzene rings is 2. The zero-order chi connectivity index (χ0) is 77.7. The molecule has 0 radical (unpaired) electrons. The van der Waals surface area contributed by atoms with E-state index >= 15 is 0 Å². The monoisotopic (exact) mass is 1470 g/mol. The van der Waals surface area contributed by atoms with Crippen molar-refractivity contribution in [3.05, 3.63) is 59.7 Å². The summed E-state index contributed by atoms with van der Waals surface area (Å²) in [5, 5.41) is 63.8. The molecule has 3 aliphatic rings. The number of amides is 11. The number of carbonyl (C=O) groups excluding carboxylic acids is 12. The zero-order valence-corrected chi connectivity index (χ0v) is 61.6. The molecule has 1 unspecified atom stereocenters.